The van der Waals surface area contributed by atoms with Gasteiger partial charge in [-0.25, -0.2) is 4.79 Å². The maximum absolute atomic E-state index is 11.8. The predicted molar refractivity (Wildman–Crippen MR) is 81.6 cm³/mol. The zero-order valence-corrected chi connectivity index (χ0v) is 13.2. The number of urea groups is 1. The van der Waals surface area contributed by atoms with Crippen LogP contribution in [0, 0.1) is 5.92 Å². The van der Waals surface area contributed by atoms with Gasteiger partial charge in [0, 0.05) is 35.6 Å². The minimum absolute atomic E-state index is 0.0974. The third-order valence-electron chi connectivity index (χ3n) is 3.38. The third kappa shape index (κ3) is 7.06. The molecule has 0 saturated heterocycles. The Morgan fingerprint density at radius 1 is 1.32 bits per heavy atom. The Morgan fingerprint density at radius 2 is 2.00 bits per heavy atom. The number of carbonyl (C=O) groups is 1. The van der Waals surface area contributed by atoms with E-state index in [1.807, 2.05) is 11.8 Å². The first-order valence-corrected chi connectivity index (χ1v) is 8.20. The molecule has 0 heterocycles. The van der Waals surface area contributed by atoms with Crippen LogP contribution in [0.2, 0.25) is 0 Å². The average Bonchev–Trinajstić information content (AvgIpc) is 2.34. The van der Waals surface area contributed by atoms with Gasteiger partial charge in [-0.15, -0.1) is 0 Å². The molecule has 0 aromatic heterocycles. The topological polar surface area (TPSA) is 61.4 Å². The molecule has 112 valence electrons. The first-order chi connectivity index (χ1) is 8.92. The summed E-state index contributed by atoms with van der Waals surface area (Å²) in [4.78, 5) is 11.8. The van der Waals surface area contributed by atoms with Gasteiger partial charge in [0.15, 0.2) is 0 Å². The Hall–Kier alpha value is -0.420. The minimum atomic E-state index is -0.0974. The Morgan fingerprint density at radius 3 is 2.63 bits per heavy atom. The number of carbonyl (C=O) groups excluding carboxylic acids is 1. The molecule has 3 N–H and O–H groups in total. The lowest BCUT2D eigenvalue weighted by atomic mass is 9.85. The fraction of sp³-hybridized carbons (Fsp3) is 0.929. The standard InChI is InChI=1S/C14H28N2O2S/c1-14(2,3)19-9-8-15-13(18)16-12-7-5-4-6-11(12)10-17/h11-12,17H,4-10H2,1-3H3,(H2,15,16,18). The van der Waals surface area contributed by atoms with E-state index in [1.54, 1.807) is 0 Å². The molecule has 0 aromatic carbocycles. The van der Waals surface area contributed by atoms with Gasteiger partial charge >= 0.3 is 6.03 Å². The predicted octanol–water partition coefficient (Wildman–Crippen LogP) is 2.37. The Bertz CT molecular complexity index is 279. The van der Waals surface area contributed by atoms with Crippen molar-refractivity contribution in [3.63, 3.8) is 0 Å². The largest absolute Gasteiger partial charge is 0.396 e. The molecule has 1 fully saturated rings. The number of aliphatic hydroxyl groups is 1. The first-order valence-electron chi connectivity index (χ1n) is 7.21. The normalized spacial score (nSPS) is 24.0. The highest BCUT2D eigenvalue weighted by Gasteiger charge is 2.25. The van der Waals surface area contributed by atoms with E-state index >= 15 is 0 Å². The van der Waals surface area contributed by atoms with E-state index in [4.69, 9.17) is 0 Å². The maximum atomic E-state index is 11.8. The molecular weight excluding hydrogens is 260 g/mol. The molecule has 0 spiro atoms. The Labute approximate surface area is 121 Å². The van der Waals surface area contributed by atoms with Crippen molar-refractivity contribution < 1.29 is 9.90 Å². The van der Waals surface area contributed by atoms with Crippen molar-refractivity contribution in [2.24, 2.45) is 5.92 Å². The van der Waals surface area contributed by atoms with Gasteiger partial charge < -0.3 is 15.7 Å². The lowest BCUT2D eigenvalue weighted by Gasteiger charge is -2.30. The van der Waals surface area contributed by atoms with Crippen molar-refractivity contribution in [2.75, 3.05) is 18.9 Å². The average molecular weight is 288 g/mol. The lowest BCUT2D eigenvalue weighted by Crippen LogP contribution is -2.48. The van der Waals surface area contributed by atoms with Crippen LogP contribution in [0.4, 0.5) is 4.79 Å². The summed E-state index contributed by atoms with van der Waals surface area (Å²) in [6, 6.07) is 0.0360. The zero-order valence-electron chi connectivity index (χ0n) is 12.4. The summed E-state index contributed by atoms with van der Waals surface area (Å²) in [6.45, 7) is 7.37. The second-order valence-electron chi connectivity index (χ2n) is 6.19. The summed E-state index contributed by atoms with van der Waals surface area (Å²) >= 11 is 1.84. The summed E-state index contributed by atoms with van der Waals surface area (Å²) in [5.41, 5.74) is 0. The van der Waals surface area contributed by atoms with Gasteiger partial charge in [-0.3, -0.25) is 0 Å². The number of aliphatic hydroxyl groups excluding tert-OH is 1. The molecule has 2 atom stereocenters. The van der Waals surface area contributed by atoms with Crippen LogP contribution >= 0.6 is 11.8 Å². The van der Waals surface area contributed by atoms with Crippen LogP contribution in [0.1, 0.15) is 46.5 Å². The van der Waals surface area contributed by atoms with Crippen LogP contribution in [0.5, 0.6) is 0 Å². The van der Waals surface area contributed by atoms with Gasteiger partial charge in [0.1, 0.15) is 0 Å². The molecule has 1 rings (SSSR count). The smallest absolute Gasteiger partial charge is 0.315 e. The molecular formula is C14H28N2O2S. The van der Waals surface area contributed by atoms with Crippen molar-refractivity contribution in [2.45, 2.75) is 57.2 Å². The fourth-order valence-electron chi connectivity index (χ4n) is 2.36. The second kappa shape index (κ2) is 8.00. The summed E-state index contributed by atoms with van der Waals surface area (Å²) in [5, 5.41) is 15.2. The van der Waals surface area contributed by atoms with E-state index in [9.17, 15) is 9.90 Å². The van der Waals surface area contributed by atoms with Crippen LogP contribution in [0.3, 0.4) is 0 Å². The molecule has 2 amide bonds. The van der Waals surface area contributed by atoms with Crippen LogP contribution < -0.4 is 10.6 Å². The quantitative estimate of drug-likeness (QED) is 0.681. The van der Waals surface area contributed by atoms with Crippen molar-refractivity contribution >= 4 is 17.8 Å². The van der Waals surface area contributed by atoms with E-state index in [0.717, 1.165) is 31.4 Å². The molecule has 2 unspecified atom stereocenters. The third-order valence-corrected chi connectivity index (χ3v) is 4.66. The number of amides is 2. The SMILES string of the molecule is CC(C)(C)SCCNC(=O)NC1CCCCC1CO. The lowest BCUT2D eigenvalue weighted by molar-refractivity contribution is 0.154. The van der Waals surface area contributed by atoms with E-state index in [1.165, 1.54) is 0 Å². The molecule has 1 aliphatic carbocycles. The molecule has 0 aromatic rings. The van der Waals surface area contributed by atoms with E-state index in [0.29, 0.717) is 6.54 Å². The van der Waals surface area contributed by atoms with E-state index in [-0.39, 0.29) is 29.3 Å². The molecule has 1 saturated carbocycles. The number of hydrogen-bond acceptors (Lipinski definition) is 3. The van der Waals surface area contributed by atoms with Crippen LogP contribution in [-0.2, 0) is 0 Å². The number of nitrogens with one attached hydrogen (secondary N) is 2. The van der Waals surface area contributed by atoms with Crippen LogP contribution in [-0.4, -0.2) is 40.8 Å². The summed E-state index contributed by atoms with van der Waals surface area (Å²) < 4.78 is 0.240. The first kappa shape index (κ1) is 16.6. The zero-order chi connectivity index (χ0) is 14.3. The molecule has 5 heteroatoms. The van der Waals surface area contributed by atoms with Crippen molar-refractivity contribution in [3.8, 4) is 0 Å². The van der Waals surface area contributed by atoms with Gasteiger partial charge in [-0.05, 0) is 12.8 Å². The minimum Gasteiger partial charge on any atom is -0.396 e. The van der Waals surface area contributed by atoms with Gasteiger partial charge in [0.25, 0.3) is 0 Å². The highest BCUT2D eigenvalue weighted by molar-refractivity contribution is 8.00. The van der Waals surface area contributed by atoms with Crippen LogP contribution in [0.15, 0.2) is 0 Å². The number of rotatable bonds is 5. The van der Waals surface area contributed by atoms with Crippen molar-refractivity contribution in [1.29, 1.82) is 0 Å². The van der Waals surface area contributed by atoms with Gasteiger partial charge in [0.2, 0.25) is 0 Å². The fourth-order valence-corrected chi connectivity index (χ4v) is 3.17. The van der Waals surface area contributed by atoms with E-state index in [2.05, 4.69) is 31.4 Å². The van der Waals surface area contributed by atoms with Crippen molar-refractivity contribution in [1.82, 2.24) is 10.6 Å². The molecule has 1 aliphatic rings. The van der Waals surface area contributed by atoms with Gasteiger partial charge in [-0.2, -0.15) is 11.8 Å². The molecule has 0 radical (unpaired) electrons. The highest BCUT2D eigenvalue weighted by Crippen LogP contribution is 2.24. The summed E-state index contributed by atoms with van der Waals surface area (Å²) in [7, 11) is 0. The number of thioether (sulfide) groups is 1. The highest BCUT2D eigenvalue weighted by atomic mass is 32.2. The molecule has 4 nitrogen and oxygen atoms in total. The Balaban J connectivity index is 2.19. The molecule has 0 aliphatic heterocycles. The molecule has 0 bridgehead atoms. The number of hydrogen-bond donors (Lipinski definition) is 3. The second-order valence-corrected chi connectivity index (χ2v) is 8.12. The van der Waals surface area contributed by atoms with Gasteiger partial charge in [0.05, 0.1) is 0 Å². The van der Waals surface area contributed by atoms with Crippen molar-refractivity contribution in [3.05, 3.63) is 0 Å². The van der Waals surface area contributed by atoms with E-state index < -0.39 is 0 Å². The summed E-state index contributed by atoms with van der Waals surface area (Å²) in [5.74, 6) is 1.15. The Kier molecular flexibility index (Phi) is 7.00. The maximum Gasteiger partial charge on any atom is 0.315 e. The summed E-state index contributed by atoms with van der Waals surface area (Å²) in [6.07, 6.45) is 4.30. The van der Waals surface area contributed by atoms with Gasteiger partial charge in [-0.1, -0.05) is 33.6 Å². The van der Waals surface area contributed by atoms with Crippen LogP contribution in [0.25, 0.3) is 0 Å². The molecule has 19 heavy (non-hydrogen) atoms. The monoisotopic (exact) mass is 288 g/mol.